The minimum Gasteiger partial charge on any atom is -0.356 e. The van der Waals surface area contributed by atoms with Crippen LogP contribution in [0.15, 0.2) is 18.2 Å². The maximum absolute atomic E-state index is 11.6. The summed E-state index contributed by atoms with van der Waals surface area (Å²) < 4.78 is 0. The molecule has 0 bridgehead atoms. The van der Waals surface area contributed by atoms with E-state index < -0.39 is 0 Å². The highest BCUT2D eigenvalue weighted by atomic mass is 35.5. The topological polar surface area (TPSA) is 29.1 Å². The second-order valence-corrected chi connectivity index (χ2v) is 6.42. The lowest BCUT2D eigenvalue weighted by molar-refractivity contribution is -0.122. The van der Waals surface area contributed by atoms with Gasteiger partial charge in [-0.3, -0.25) is 4.79 Å². The number of rotatable bonds is 4. The quantitative estimate of drug-likeness (QED) is 0.888. The van der Waals surface area contributed by atoms with Gasteiger partial charge in [-0.15, -0.1) is 0 Å². The van der Waals surface area contributed by atoms with Crippen LogP contribution in [0.25, 0.3) is 0 Å². The van der Waals surface area contributed by atoms with Crippen LogP contribution in [0.1, 0.15) is 32.8 Å². The van der Waals surface area contributed by atoms with Gasteiger partial charge in [-0.2, -0.15) is 0 Å². The Hall–Kier alpha value is -0.730. The van der Waals surface area contributed by atoms with Gasteiger partial charge in [-0.25, -0.2) is 0 Å². The van der Waals surface area contributed by atoms with E-state index in [2.05, 4.69) is 5.32 Å². The van der Waals surface area contributed by atoms with Crippen LogP contribution in [0.4, 0.5) is 0 Å². The molecule has 0 aliphatic heterocycles. The summed E-state index contributed by atoms with van der Waals surface area (Å²) in [7, 11) is 0. The maximum atomic E-state index is 11.6. The molecule has 0 spiro atoms. The fourth-order valence-electron chi connectivity index (χ4n) is 1.61. The smallest absolute Gasteiger partial charge is 0.220 e. The molecule has 100 valence electrons. The highest BCUT2D eigenvalue weighted by Crippen LogP contribution is 2.21. The number of hydrogen-bond donors (Lipinski definition) is 1. The second kappa shape index (κ2) is 6.44. The third kappa shape index (κ3) is 5.74. The van der Waals surface area contributed by atoms with Crippen molar-refractivity contribution in [2.75, 3.05) is 6.54 Å². The molecule has 1 amide bonds. The average Bonchev–Trinajstić information content (AvgIpc) is 2.18. The van der Waals surface area contributed by atoms with Crippen molar-refractivity contribution < 1.29 is 4.79 Å². The molecule has 0 saturated carbocycles. The summed E-state index contributed by atoms with van der Waals surface area (Å²) in [5, 5.41) is 4.17. The van der Waals surface area contributed by atoms with Crippen molar-refractivity contribution in [1.82, 2.24) is 5.32 Å². The van der Waals surface area contributed by atoms with E-state index >= 15 is 0 Å². The summed E-state index contributed by atoms with van der Waals surface area (Å²) in [5.74, 6) is 0.0765. The Morgan fingerprint density at radius 1 is 1.28 bits per heavy atom. The Kier molecular flexibility index (Phi) is 5.48. The van der Waals surface area contributed by atoms with Crippen LogP contribution in [0, 0.1) is 5.41 Å². The summed E-state index contributed by atoms with van der Waals surface area (Å²) in [6.45, 7) is 6.73. The molecule has 0 radical (unpaired) electrons. The van der Waals surface area contributed by atoms with Crippen LogP contribution >= 0.6 is 23.2 Å². The normalized spacial score (nSPS) is 11.4. The van der Waals surface area contributed by atoms with E-state index in [-0.39, 0.29) is 11.3 Å². The van der Waals surface area contributed by atoms with Crippen molar-refractivity contribution in [2.24, 2.45) is 5.41 Å². The maximum Gasteiger partial charge on any atom is 0.220 e. The molecule has 0 unspecified atom stereocenters. The average molecular weight is 288 g/mol. The molecule has 1 aromatic rings. The first-order valence-electron chi connectivity index (χ1n) is 5.98. The van der Waals surface area contributed by atoms with Crippen molar-refractivity contribution in [2.45, 2.75) is 33.6 Å². The molecular formula is C14H19Cl2NO. The molecule has 0 aliphatic rings. The Labute approximate surface area is 119 Å². The number of carbonyl (C=O) groups excluding carboxylic acids is 1. The van der Waals surface area contributed by atoms with E-state index in [0.29, 0.717) is 29.4 Å². The summed E-state index contributed by atoms with van der Waals surface area (Å²) in [6, 6.07) is 5.41. The number of hydrogen-bond acceptors (Lipinski definition) is 1. The predicted octanol–water partition coefficient (Wildman–Crippen LogP) is 4.09. The molecular weight excluding hydrogens is 269 g/mol. The molecule has 0 saturated heterocycles. The Balaban J connectivity index is 2.40. The van der Waals surface area contributed by atoms with Gasteiger partial charge < -0.3 is 5.32 Å². The zero-order valence-electron chi connectivity index (χ0n) is 11.0. The molecule has 18 heavy (non-hydrogen) atoms. The van der Waals surface area contributed by atoms with E-state index in [0.717, 1.165) is 5.56 Å². The van der Waals surface area contributed by atoms with Crippen LogP contribution in [-0.4, -0.2) is 12.5 Å². The molecule has 1 N–H and O–H groups in total. The van der Waals surface area contributed by atoms with Crippen molar-refractivity contribution in [1.29, 1.82) is 0 Å². The molecule has 1 aromatic carbocycles. The van der Waals surface area contributed by atoms with E-state index in [1.54, 1.807) is 12.1 Å². The SMILES string of the molecule is CC(C)(C)CC(=O)NCCc1ccc(Cl)cc1Cl. The molecule has 0 fully saturated rings. The zero-order valence-corrected chi connectivity index (χ0v) is 12.5. The fraction of sp³-hybridized carbons (Fsp3) is 0.500. The number of nitrogens with one attached hydrogen (secondary N) is 1. The van der Waals surface area contributed by atoms with Crippen molar-refractivity contribution in [3.8, 4) is 0 Å². The van der Waals surface area contributed by atoms with Gasteiger partial charge in [0.2, 0.25) is 5.91 Å². The predicted molar refractivity (Wildman–Crippen MR) is 77.2 cm³/mol. The van der Waals surface area contributed by atoms with Gasteiger partial charge in [-0.1, -0.05) is 50.0 Å². The van der Waals surface area contributed by atoms with Crippen molar-refractivity contribution in [3.63, 3.8) is 0 Å². The minimum atomic E-state index is 0.0159. The third-order valence-electron chi connectivity index (χ3n) is 2.42. The van der Waals surface area contributed by atoms with E-state index in [1.807, 2.05) is 26.8 Å². The van der Waals surface area contributed by atoms with Crippen LogP contribution < -0.4 is 5.32 Å². The lowest BCUT2D eigenvalue weighted by Gasteiger charge is -2.17. The van der Waals surface area contributed by atoms with Gasteiger partial charge in [0, 0.05) is 23.0 Å². The van der Waals surface area contributed by atoms with Crippen LogP contribution in [0.5, 0.6) is 0 Å². The fourth-order valence-corrected chi connectivity index (χ4v) is 2.11. The van der Waals surface area contributed by atoms with Crippen molar-refractivity contribution in [3.05, 3.63) is 33.8 Å². The summed E-state index contributed by atoms with van der Waals surface area (Å²) in [4.78, 5) is 11.6. The number of halogens is 2. The molecule has 0 aliphatic carbocycles. The molecule has 0 atom stereocenters. The summed E-state index contributed by atoms with van der Waals surface area (Å²) in [6.07, 6.45) is 1.24. The Morgan fingerprint density at radius 3 is 2.50 bits per heavy atom. The van der Waals surface area contributed by atoms with Gasteiger partial charge in [-0.05, 0) is 29.5 Å². The molecule has 0 aromatic heterocycles. The van der Waals surface area contributed by atoms with Crippen LogP contribution in [0.3, 0.4) is 0 Å². The first kappa shape index (κ1) is 15.3. The van der Waals surface area contributed by atoms with E-state index in [1.165, 1.54) is 0 Å². The van der Waals surface area contributed by atoms with Crippen molar-refractivity contribution >= 4 is 29.1 Å². The summed E-state index contributed by atoms with van der Waals surface area (Å²) >= 11 is 11.9. The van der Waals surface area contributed by atoms with E-state index in [9.17, 15) is 4.79 Å². The third-order valence-corrected chi connectivity index (χ3v) is 3.01. The highest BCUT2D eigenvalue weighted by molar-refractivity contribution is 6.35. The standard InChI is InChI=1S/C14H19Cl2NO/c1-14(2,3)9-13(18)17-7-6-10-4-5-11(15)8-12(10)16/h4-5,8H,6-7,9H2,1-3H3,(H,17,18). The monoisotopic (exact) mass is 287 g/mol. The molecule has 1 rings (SSSR count). The number of carbonyl (C=O) groups is 1. The van der Waals surface area contributed by atoms with Crippen LogP contribution in [-0.2, 0) is 11.2 Å². The van der Waals surface area contributed by atoms with Gasteiger partial charge in [0.25, 0.3) is 0 Å². The van der Waals surface area contributed by atoms with Gasteiger partial charge in [0.1, 0.15) is 0 Å². The summed E-state index contributed by atoms with van der Waals surface area (Å²) in [5.41, 5.74) is 1.01. The van der Waals surface area contributed by atoms with Gasteiger partial charge in [0.15, 0.2) is 0 Å². The highest BCUT2D eigenvalue weighted by Gasteiger charge is 2.15. The van der Waals surface area contributed by atoms with Gasteiger partial charge in [0.05, 0.1) is 0 Å². The lowest BCUT2D eigenvalue weighted by Crippen LogP contribution is -2.29. The zero-order chi connectivity index (χ0) is 13.8. The van der Waals surface area contributed by atoms with Crippen LogP contribution in [0.2, 0.25) is 10.0 Å². The minimum absolute atomic E-state index is 0.0159. The molecule has 0 heterocycles. The first-order valence-corrected chi connectivity index (χ1v) is 6.74. The molecule has 4 heteroatoms. The second-order valence-electron chi connectivity index (χ2n) is 5.57. The Morgan fingerprint density at radius 2 is 1.94 bits per heavy atom. The first-order chi connectivity index (χ1) is 8.28. The number of benzene rings is 1. The number of amides is 1. The largest absolute Gasteiger partial charge is 0.356 e. The van der Waals surface area contributed by atoms with E-state index in [4.69, 9.17) is 23.2 Å². The van der Waals surface area contributed by atoms with Gasteiger partial charge >= 0.3 is 0 Å². The molecule has 2 nitrogen and oxygen atoms in total. The lowest BCUT2D eigenvalue weighted by atomic mass is 9.92. The Bertz CT molecular complexity index is 424.